The molecule has 0 heterocycles. The average Bonchev–Trinajstić information content (AvgIpc) is 2.98. The second-order valence-electron chi connectivity index (χ2n) is 6.51. The van der Waals surface area contributed by atoms with Gasteiger partial charge in [-0.25, -0.2) is 0 Å². The summed E-state index contributed by atoms with van der Waals surface area (Å²) in [6, 6.07) is 7.09. The van der Waals surface area contributed by atoms with Crippen molar-refractivity contribution in [2.45, 2.75) is 50.8 Å². The highest BCUT2D eigenvalue weighted by atomic mass is 32.2. The minimum atomic E-state index is -4.11. The van der Waals surface area contributed by atoms with Crippen LogP contribution in [0.25, 0.3) is 0 Å². The van der Waals surface area contributed by atoms with Crippen LogP contribution in [0.3, 0.4) is 0 Å². The molecule has 0 aromatic heterocycles. The Morgan fingerprint density at radius 1 is 1.25 bits per heavy atom. The van der Waals surface area contributed by atoms with Gasteiger partial charge in [0.05, 0.1) is 11.3 Å². The maximum Gasteiger partial charge on any atom is 0.267 e. The fraction of sp³-hybridized carbons (Fsp3) is 0.529. The predicted molar refractivity (Wildman–Crippen MR) is 90.2 cm³/mol. The van der Waals surface area contributed by atoms with E-state index < -0.39 is 27.3 Å². The summed E-state index contributed by atoms with van der Waals surface area (Å²) in [4.78, 5) is 24.2. The second kappa shape index (κ2) is 7.44. The van der Waals surface area contributed by atoms with Gasteiger partial charge in [0.25, 0.3) is 10.1 Å². The molecule has 6 nitrogen and oxygen atoms in total. The van der Waals surface area contributed by atoms with Crippen molar-refractivity contribution in [1.29, 1.82) is 0 Å². The van der Waals surface area contributed by atoms with Crippen LogP contribution in [0.1, 0.15) is 37.3 Å². The van der Waals surface area contributed by atoms with Gasteiger partial charge < -0.3 is 5.32 Å². The molecule has 0 saturated heterocycles. The zero-order valence-corrected chi connectivity index (χ0v) is 14.7. The van der Waals surface area contributed by atoms with Crippen LogP contribution >= 0.6 is 0 Å². The van der Waals surface area contributed by atoms with Crippen LogP contribution in [0.2, 0.25) is 0 Å². The summed E-state index contributed by atoms with van der Waals surface area (Å²) in [5.41, 5.74) is 2.06. The molecule has 2 N–H and O–H groups in total. The molecule has 0 bridgehead atoms. The fourth-order valence-electron chi connectivity index (χ4n) is 2.99. The lowest BCUT2D eigenvalue weighted by Crippen LogP contribution is -2.43. The Balaban J connectivity index is 1.99. The molecule has 1 amide bonds. The Hall–Kier alpha value is -1.73. The van der Waals surface area contributed by atoms with Crippen molar-refractivity contribution in [2.75, 3.05) is 0 Å². The second-order valence-corrected chi connectivity index (χ2v) is 8.21. The van der Waals surface area contributed by atoms with E-state index in [1.54, 1.807) is 0 Å². The van der Waals surface area contributed by atoms with Crippen molar-refractivity contribution in [3.8, 4) is 0 Å². The first kappa shape index (κ1) is 18.6. The van der Waals surface area contributed by atoms with E-state index in [2.05, 4.69) is 5.32 Å². The first-order chi connectivity index (χ1) is 11.2. The first-order valence-electron chi connectivity index (χ1n) is 7.99. The van der Waals surface area contributed by atoms with Gasteiger partial charge in [-0.15, -0.1) is 0 Å². The molecular weight excluding hydrogens is 330 g/mol. The van der Waals surface area contributed by atoms with E-state index in [9.17, 15) is 18.0 Å². The zero-order chi connectivity index (χ0) is 17.9. The molecular formula is C17H23NO5S. The first-order valence-corrected chi connectivity index (χ1v) is 9.50. The van der Waals surface area contributed by atoms with Crippen molar-refractivity contribution in [3.63, 3.8) is 0 Å². The van der Waals surface area contributed by atoms with Crippen LogP contribution in [0.4, 0.5) is 0 Å². The number of rotatable bonds is 6. The van der Waals surface area contributed by atoms with E-state index in [0.29, 0.717) is 12.8 Å². The molecule has 1 aromatic rings. The number of carbonyl (C=O) groups is 2. The summed E-state index contributed by atoms with van der Waals surface area (Å²) >= 11 is 0. The van der Waals surface area contributed by atoms with Gasteiger partial charge in [0, 0.05) is 5.92 Å². The molecule has 2 rings (SSSR count). The molecule has 1 fully saturated rings. The van der Waals surface area contributed by atoms with Gasteiger partial charge in [-0.05, 0) is 45.1 Å². The zero-order valence-electron chi connectivity index (χ0n) is 13.9. The van der Waals surface area contributed by atoms with Gasteiger partial charge in [-0.1, -0.05) is 29.8 Å². The highest BCUT2D eigenvalue weighted by molar-refractivity contribution is 7.86. The summed E-state index contributed by atoms with van der Waals surface area (Å²) in [5.74, 6) is -0.960. The van der Waals surface area contributed by atoms with Crippen LogP contribution < -0.4 is 5.32 Å². The number of hydrogen-bond donors (Lipinski definition) is 2. The van der Waals surface area contributed by atoms with E-state index in [-0.39, 0.29) is 24.5 Å². The summed E-state index contributed by atoms with van der Waals surface area (Å²) < 4.78 is 31.4. The molecule has 24 heavy (non-hydrogen) atoms. The van der Waals surface area contributed by atoms with Crippen LogP contribution in [0.15, 0.2) is 24.3 Å². The third-order valence-corrected chi connectivity index (χ3v) is 5.81. The number of aryl methyl sites for hydroxylation is 1. The number of ketones is 1. The lowest BCUT2D eigenvalue weighted by Gasteiger charge is -2.19. The Morgan fingerprint density at radius 3 is 2.38 bits per heavy atom. The maximum atomic E-state index is 12.3. The lowest BCUT2D eigenvalue weighted by atomic mass is 10.0. The van der Waals surface area contributed by atoms with E-state index >= 15 is 0 Å². The van der Waals surface area contributed by atoms with Crippen LogP contribution in [-0.2, 0) is 26.1 Å². The van der Waals surface area contributed by atoms with Gasteiger partial charge in [-0.3, -0.25) is 14.1 Å². The van der Waals surface area contributed by atoms with Gasteiger partial charge >= 0.3 is 0 Å². The Bertz CT molecular complexity index is 711. The molecule has 1 aliphatic rings. The van der Waals surface area contributed by atoms with Crippen LogP contribution in [0, 0.1) is 12.8 Å². The standard InChI is InChI=1S/C17H23NO5S/c1-11-3-5-13(6-4-11)9-16(12(2)19)18-17(20)14-7-8-15(10-14)24(21,22)23/h3-6,14-16H,7-10H2,1-2H3,(H,18,20)(H,21,22,23)/t14?,15?,16-/m0/s1. The topological polar surface area (TPSA) is 101 Å². The highest BCUT2D eigenvalue weighted by Crippen LogP contribution is 2.30. The van der Waals surface area contributed by atoms with E-state index in [1.807, 2.05) is 31.2 Å². The summed E-state index contributed by atoms with van der Waals surface area (Å²) in [7, 11) is -4.11. The molecule has 0 spiro atoms. The fourth-order valence-corrected chi connectivity index (χ4v) is 3.90. The molecule has 1 aliphatic carbocycles. The minimum Gasteiger partial charge on any atom is -0.346 e. The Kier molecular flexibility index (Phi) is 5.77. The summed E-state index contributed by atoms with van der Waals surface area (Å²) in [5, 5.41) is 1.84. The molecule has 1 saturated carbocycles. The molecule has 0 aliphatic heterocycles. The van der Waals surface area contributed by atoms with Crippen molar-refractivity contribution in [1.82, 2.24) is 5.32 Å². The largest absolute Gasteiger partial charge is 0.346 e. The Morgan fingerprint density at radius 2 is 1.88 bits per heavy atom. The van der Waals surface area contributed by atoms with Crippen LogP contribution in [0.5, 0.6) is 0 Å². The molecule has 7 heteroatoms. The van der Waals surface area contributed by atoms with E-state index in [1.165, 1.54) is 6.92 Å². The van der Waals surface area contributed by atoms with Gasteiger partial charge in [-0.2, -0.15) is 8.42 Å². The highest BCUT2D eigenvalue weighted by Gasteiger charge is 2.37. The SMILES string of the molecule is CC(=O)[C@H](Cc1ccc(C)cc1)NC(=O)C1CCC(S(=O)(=O)O)C1. The number of carbonyl (C=O) groups excluding carboxylic acids is 2. The minimum absolute atomic E-state index is 0.0970. The molecule has 2 unspecified atom stereocenters. The number of benzene rings is 1. The van der Waals surface area contributed by atoms with Gasteiger partial charge in [0.1, 0.15) is 0 Å². The average molecular weight is 353 g/mol. The third kappa shape index (κ3) is 4.88. The molecule has 132 valence electrons. The summed E-state index contributed by atoms with van der Waals surface area (Å²) in [6.45, 7) is 3.40. The van der Waals surface area contributed by atoms with E-state index in [4.69, 9.17) is 4.55 Å². The molecule has 3 atom stereocenters. The predicted octanol–water partition coefficient (Wildman–Crippen LogP) is 1.67. The van der Waals surface area contributed by atoms with Crippen molar-refractivity contribution < 1.29 is 22.6 Å². The van der Waals surface area contributed by atoms with Crippen LogP contribution in [-0.4, -0.2) is 36.0 Å². The quantitative estimate of drug-likeness (QED) is 0.758. The number of hydrogen-bond acceptors (Lipinski definition) is 4. The molecule has 1 aromatic carbocycles. The smallest absolute Gasteiger partial charge is 0.267 e. The van der Waals surface area contributed by atoms with E-state index in [0.717, 1.165) is 11.1 Å². The number of nitrogens with one attached hydrogen (secondary N) is 1. The van der Waals surface area contributed by atoms with Crippen molar-refractivity contribution in [2.24, 2.45) is 5.92 Å². The monoisotopic (exact) mass is 353 g/mol. The van der Waals surface area contributed by atoms with Crippen molar-refractivity contribution >= 4 is 21.8 Å². The third-order valence-electron chi connectivity index (χ3n) is 4.54. The van der Waals surface area contributed by atoms with Gasteiger partial charge in [0.15, 0.2) is 5.78 Å². The molecule has 0 radical (unpaired) electrons. The summed E-state index contributed by atoms with van der Waals surface area (Å²) in [6.07, 6.45) is 1.15. The maximum absolute atomic E-state index is 12.3. The normalized spacial score (nSPS) is 22.1. The van der Waals surface area contributed by atoms with Gasteiger partial charge in [0.2, 0.25) is 5.91 Å². The number of Topliss-reactive ketones (excluding diaryl/α,β-unsaturated/α-hetero) is 1. The Labute approximate surface area is 142 Å². The lowest BCUT2D eigenvalue weighted by molar-refractivity contribution is -0.129. The van der Waals surface area contributed by atoms with Crippen molar-refractivity contribution in [3.05, 3.63) is 35.4 Å². The number of amides is 1.